The number of rotatable bonds is 2. The Morgan fingerprint density at radius 1 is 1.13 bits per heavy atom. The first-order chi connectivity index (χ1) is 6.90. The molecule has 3 heteroatoms. The van der Waals surface area contributed by atoms with Gasteiger partial charge in [-0.2, -0.15) is 0 Å². The Balaban J connectivity index is 0.000000336. The highest BCUT2D eigenvalue weighted by Gasteiger charge is 2.25. The van der Waals surface area contributed by atoms with Crippen LogP contribution in [0.3, 0.4) is 0 Å². The lowest BCUT2D eigenvalue weighted by atomic mass is 10.2. The van der Waals surface area contributed by atoms with Gasteiger partial charge in [-0.15, -0.1) is 6.58 Å². The van der Waals surface area contributed by atoms with Crippen molar-refractivity contribution in [2.45, 2.75) is 33.7 Å². The van der Waals surface area contributed by atoms with Crippen LogP contribution >= 0.6 is 0 Å². The summed E-state index contributed by atoms with van der Waals surface area (Å²) in [4.78, 5) is 22.9. The van der Waals surface area contributed by atoms with Crippen LogP contribution in [0.15, 0.2) is 24.8 Å². The Kier molecular flexibility index (Phi) is 5.60. The Morgan fingerprint density at radius 2 is 1.47 bits per heavy atom. The molecule has 2 amide bonds. The molecule has 1 aliphatic heterocycles. The number of carbonyl (C=O) groups excluding carboxylic acids is 2. The number of hydrogen-bond acceptors (Lipinski definition) is 2. The lowest BCUT2D eigenvalue weighted by Crippen LogP contribution is -2.36. The molecule has 1 aliphatic rings. The van der Waals surface area contributed by atoms with E-state index in [2.05, 4.69) is 20.4 Å². The van der Waals surface area contributed by atoms with Gasteiger partial charge in [0, 0.05) is 18.2 Å². The molecule has 0 saturated carbocycles. The summed E-state index contributed by atoms with van der Waals surface area (Å²) in [5.74, 6) is 0.231. The maximum Gasteiger partial charge on any atom is 0.253 e. The fourth-order valence-electron chi connectivity index (χ4n) is 0.921. The van der Waals surface area contributed by atoms with Gasteiger partial charge < -0.3 is 0 Å². The third kappa shape index (κ3) is 4.58. The number of hydrogen-bond donors (Lipinski definition) is 0. The molecule has 1 rings (SSSR count). The van der Waals surface area contributed by atoms with Crippen molar-refractivity contribution in [3.63, 3.8) is 0 Å². The van der Waals surface area contributed by atoms with Crippen molar-refractivity contribution >= 4 is 11.8 Å². The van der Waals surface area contributed by atoms with E-state index in [1.807, 2.05) is 19.9 Å². The van der Waals surface area contributed by atoms with Crippen LogP contribution in [0, 0.1) is 5.92 Å². The summed E-state index contributed by atoms with van der Waals surface area (Å²) in [5, 5.41) is 0. The van der Waals surface area contributed by atoms with Gasteiger partial charge in [-0.1, -0.05) is 19.9 Å². The number of nitrogens with zero attached hydrogens (tertiary/aromatic N) is 1. The Labute approximate surface area is 91.5 Å². The third-order valence-electron chi connectivity index (χ3n) is 1.83. The number of carbonyl (C=O) groups is 2. The van der Waals surface area contributed by atoms with E-state index in [1.165, 1.54) is 17.1 Å². The van der Waals surface area contributed by atoms with E-state index in [4.69, 9.17) is 0 Å². The summed E-state index contributed by atoms with van der Waals surface area (Å²) in [6, 6.07) is -0.0324. The lowest BCUT2D eigenvalue weighted by molar-refractivity contribution is -0.138. The molecule has 3 nitrogen and oxygen atoms in total. The summed E-state index contributed by atoms with van der Waals surface area (Å²) in [5.41, 5.74) is 0. The van der Waals surface area contributed by atoms with Gasteiger partial charge in [-0.3, -0.25) is 14.5 Å². The predicted octanol–water partition coefficient (Wildman–Crippen LogP) is 2.15. The molecule has 0 aliphatic carbocycles. The average Bonchev–Trinajstić information content (AvgIpc) is 2.47. The van der Waals surface area contributed by atoms with E-state index in [0.29, 0.717) is 5.92 Å². The zero-order valence-corrected chi connectivity index (χ0v) is 9.86. The first kappa shape index (κ1) is 13.6. The highest BCUT2D eigenvalue weighted by Crippen LogP contribution is 2.07. The molecule has 0 N–H and O–H groups in total. The number of imide groups is 1. The lowest BCUT2D eigenvalue weighted by Gasteiger charge is -2.17. The maximum atomic E-state index is 10.8. The molecule has 0 saturated heterocycles. The van der Waals surface area contributed by atoms with Crippen LogP contribution in [-0.4, -0.2) is 22.8 Å². The van der Waals surface area contributed by atoms with Crippen LogP contribution < -0.4 is 0 Å². The molecule has 0 spiro atoms. The van der Waals surface area contributed by atoms with Gasteiger partial charge in [0.2, 0.25) is 0 Å². The Bertz CT molecular complexity index is 259. The van der Waals surface area contributed by atoms with Crippen molar-refractivity contribution in [1.29, 1.82) is 0 Å². The number of allylic oxidation sites excluding steroid dienone is 1. The van der Waals surface area contributed by atoms with E-state index in [1.54, 1.807) is 0 Å². The van der Waals surface area contributed by atoms with Gasteiger partial charge in [0.15, 0.2) is 0 Å². The minimum atomic E-state index is -0.208. The largest absolute Gasteiger partial charge is 0.273 e. The predicted molar refractivity (Wildman–Crippen MR) is 61.2 cm³/mol. The SMILES string of the molecule is C=CC(C)C.CC(C)N1C(=O)C=CC1=O. The summed E-state index contributed by atoms with van der Waals surface area (Å²) in [6.45, 7) is 11.4. The van der Waals surface area contributed by atoms with Crippen LogP contribution in [0.2, 0.25) is 0 Å². The highest BCUT2D eigenvalue weighted by atomic mass is 16.2. The molecule has 0 aromatic rings. The summed E-state index contributed by atoms with van der Waals surface area (Å²) >= 11 is 0. The second kappa shape index (κ2) is 6.17. The van der Waals surface area contributed by atoms with Crippen LogP contribution in [0.25, 0.3) is 0 Å². The Hall–Kier alpha value is -1.38. The molecule has 1 heterocycles. The van der Waals surface area contributed by atoms with Crippen molar-refractivity contribution in [1.82, 2.24) is 4.90 Å². The molecule has 84 valence electrons. The summed E-state index contributed by atoms with van der Waals surface area (Å²) < 4.78 is 0. The van der Waals surface area contributed by atoms with E-state index in [9.17, 15) is 9.59 Å². The van der Waals surface area contributed by atoms with Crippen molar-refractivity contribution in [3.8, 4) is 0 Å². The molecule has 0 aromatic carbocycles. The molecule has 15 heavy (non-hydrogen) atoms. The first-order valence-corrected chi connectivity index (χ1v) is 5.08. The molecule has 0 bridgehead atoms. The quantitative estimate of drug-likeness (QED) is 0.516. The molecule has 0 aromatic heterocycles. The standard InChI is InChI=1S/C7H9NO2.C5H10/c1-5(2)8-6(9)3-4-7(8)10;1-4-5(2)3/h3-5H,1-2H3;4-5H,1H2,2-3H3. The van der Waals surface area contributed by atoms with Gasteiger partial charge in [0.1, 0.15) is 0 Å². The first-order valence-electron chi connectivity index (χ1n) is 5.08. The smallest absolute Gasteiger partial charge is 0.253 e. The van der Waals surface area contributed by atoms with Crippen molar-refractivity contribution in [2.75, 3.05) is 0 Å². The van der Waals surface area contributed by atoms with E-state index in [-0.39, 0.29) is 17.9 Å². The van der Waals surface area contributed by atoms with Crippen LogP contribution in [-0.2, 0) is 9.59 Å². The molecule has 0 atom stereocenters. The molecule has 0 radical (unpaired) electrons. The average molecular weight is 209 g/mol. The van der Waals surface area contributed by atoms with Gasteiger partial charge in [-0.05, 0) is 19.8 Å². The topological polar surface area (TPSA) is 37.4 Å². The van der Waals surface area contributed by atoms with E-state index in [0.717, 1.165) is 0 Å². The molecule has 0 fully saturated rings. The monoisotopic (exact) mass is 209 g/mol. The van der Waals surface area contributed by atoms with Crippen molar-refractivity contribution in [2.24, 2.45) is 5.92 Å². The summed E-state index contributed by atoms with van der Waals surface area (Å²) in [6.07, 6.45) is 4.50. The molecule has 0 unspecified atom stereocenters. The van der Waals surface area contributed by atoms with E-state index < -0.39 is 0 Å². The normalized spacial score (nSPS) is 14.7. The van der Waals surface area contributed by atoms with E-state index >= 15 is 0 Å². The maximum absolute atomic E-state index is 10.8. The van der Waals surface area contributed by atoms with Gasteiger partial charge in [0.05, 0.1) is 0 Å². The number of amides is 2. The molecular weight excluding hydrogens is 190 g/mol. The third-order valence-corrected chi connectivity index (χ3v) is 1.83. The second-order valence-electron chi connectivity index (χ2n) is 3.95. The van der Waals surface area contributed by atoms with Gasteiger partial charge in [0.25, 0.3) is 11.8 Å². The van der Waals surface area contributed by atoms with Gasteiger partial charge in [-0.25, -0.2) is 0 Å². The van der Waals surface area contributed by atoms with Crippen LogP contribution in [0.1, 0.15) is 27.7 Å². The van der Waals surface area contributed by atoms with Crippen LogP contribution in [0.4, 0.5) is 0 Å². The zero-order valence-electron chi connectivity index (χ0n) is 9.86. The molecular formula is C12H19NO2. The fraction of sp³-hybridized carbons (Fsp3) is 0.500. The summed E-state index contributed by atoms with van der Waals surface area (Å²) in [7, 11) is 0. The minimum Gasteiger partial charge on any atom is -0.273 e. The second-order valence-corrected chi connectivity index (χ2v) is 3.95. The van der Waals surface area contributed by atoms with Gasteiger partial charge >= 0.3 is 0 Å². The van der Waals surface area contributed by atoms with Crippen molar-refractivity contribution < 1.29 is 9.59 Å². The van der Waals surface area contributed by atoms with Crippen molar-refractivity contribution in [3.05, 3.63) is 24.8 Å². The fourth-order valence-corrected chi connectivity index (χ4v) is 0.921. The Morgan fingerprint density at radius 3 is 1.60 bits per heavy atom. The minimum absolute atomic E-state index is 0.0324. The highest BCUT2D eigenvalue weighted by molar-refractivity contribution is 6.13. The zero-order chi connectivity index (χ0) is 12.0. The van der Waals surface area contributed by atoms with Crippen LogP contribution in [0.5, 0.6) is 0 Å².